The van der Waals surface area contributed by atoms with Gasteiger partial charge < -0.3 is 15.8 Å². The van der Waals surface area contributed by atoms with Crippen molar-refractivity contribution in [1.82, 2.24) is 5.32 Å². The summed E-state index contributed by atoms with van der Waals surface area (Å²) in [5.74, 6) is -0.0217. The molecule has 0 aliphatic rings. The Morgan fingerprint density at radius 1 is 1.41 bits per heavy atom. The minimum atomic E-state index is -0.742. The van der Waals surface area contributed by atoms with Crippen LogP contribution in [0.1, 0.15) is 27.2 Å². The lowest BCUT2D eigenvalue weighted by Gasteiger charge is -2.22. The molecule has 0 saturated heterocycles. The van der Waals surface area contributed by atoms with Crippen molar-refractivity contribution >= 4 is 29.9 Å². The summed E-state index contributed by atoms with van der Waals surface area (Å²) in [6.07, 6.45) is 0.0564. The lowest BCUT2D eigenvalue weighted by Crippen LogP contribution is -2.46. The first kappa shape index (κ1) is 21.0. The maximum atomic E-state index is 12.9. The number of amides is 1. The average Bonchev–Trinajstić information content (AvgIpc) is 2.40. The van der Waals surface area contributed by atoms with Crippen LogP contribution in [0.15, 0.2) is 18.2 Å². The molecule has 2 atom stereocenters. The Morgan fingerprint density at radius 3 is 2.55 bits per heavy atom. The fraction of sp³-hybridized carbons (Fsp3) is 0.533. The van der Waals surface area contributed by atoms with E-state index < -0.39 is 11.9 Å². The van der Waals surface area contributed by atoms with Gasteiger partial charge in [-0.2, -0.15) is 0 Å². The van der Waals surface area contributed by atoms with Crippen molar-refractivity contribution < 1.29 is 13.9 Å². The highest BCUT2D eigenvalue weighted by atomic mass is 35.5. The molecule has 1 aromatic carbocycles. The number of nitrogens with two attached hydrogens (primary N) is 1. The molecule has 4 nitrogen and oxygen atoms in total. The largest absolute Gasteiger partial charge is 0.479 e. The van der Waals surface area contributed by atoms with E-state index in [1.165, 1.54) is 12.1 Å². The van der Waals surface area contributed by atoms with Gasteiger partial charge in [-0.25, -0.2) is 4.39 Å². The highest BCUT2D eigenvalue weighted by Gasteiger charge is 2.20. The van der Waals surface area contributed by atoms with Crippen molar-refractivity contribution in [1.29, 1.82) is 0 Å². The van der Waals surface area contributed by atoms with Gasteiger partial charge in [-0.1, -0.05) is 25.4 Å². The summed E-state index contributed by atoms with van der Waals surface area (Å²) in [5, 5.41) is 2.97. The second-order valence-electron chi connectivity index (χ2n) is 5.41. The average molecular weight is 353 g/mol. The Kier molecular flexibility index (Phi) is 9.41. The van der Waals surface area contributed by atoms with Gasteiger partial charge in [0, 0.05) is 12.6 Å². The van der Waals surface area contributed by atoms with Gasteiger partial charge in [0.15, 0.2) is 6.10 Å². The van der Waals surface area contributed by atoms with Gasteiger partial charge in [0.2, 0.25) is 0 Å². The summed E-state index contributed by atoms with van der Waals surface area (Å²) in [6, 6.07) is 3.68. The fourth-order valence-electron chi connectivity index (χ4n) is 1.92. The maximum absolute atomic E-state index is 12.9. The molecule has 0 radical (unpaired) electrons. The predicted octanol–water partition coefficient (Wildman–Crippen LogP) is 3.16. The van der Waals surface area contributed by atoms with Crippen LogP contribution in [0, 0.1) is 11.7 Å². The standard InChI is InChI=1S/C15H22ClFN2O2.ClH/c1-9(2)6-12(8-18)19-15(20)10(3)21-14-5-4-11(17)7-13(14)16;/h4-5,7,9-10,12H,6,8,18H2,1-3H3,(H,19,20);1H. The number of halogens is 3. The summed E-state index contributed by atoms with van der Waals surface area (Å²) in [4.78, 5) is 12.1. The molecule has 0 fully saturated rings. The summed E-state index contributed by atoms with van der Waals surface area (Å²) >= 11 is 5.86. The molecule has 1 rings (SSSR count). The number of nitrogens with one attached hydrogen (secondary N) is 1. The molecular weight excluding hydrogens is 330 g/mol. The van der Waals surface area contributed by atoms with Crippen LogP contribution in [-0.4, -0.2) is 24.6 Å². The van der Waals surface area contributed by atoms with Crippen molar-refractivity contribution in [2.45, 2.75) is 39.3 Å². The first-order chi connectivity index (χ1) is 9.83. The van der Waals surface area contributed by atoms with Crippen LogP contribution in [0.2, 0.25) is 5.02 Å². The van der Waals surface area contributed by atoms with Crippen molar-refractivity contribution in [3.8, 4) is 5.75 Å². The Balaban J connectivity index is 0.00000441. The van der Waals surface area contributed by atoms with E-state index in [1.807, 2.05) is 0 Å². The molecule has 0 heterocycles. The number of hydrogen-bond donors (Lipinski definition) is 2. The third-order valence-corrected chi connectivity index (χ3v) is 3.25. The minimum absolute atomic E-state index is 0. The number of rotatable bonds is 7. The maximum Gasteiger partial charge on any atom is 0.261 e. The number of benzene rings is 1. The summed E-state index contributed by atoms with van der Waals surface area (Å²) in [5.41, 5.74) is 5.64. The van der Waals surface area contributed by atoms with E-state index >= 15 is 0 Å². The van der Waals surface area contributed by atoms with E-state index in [0.29, 0.717) is 12.5 Å². The Morgan fingerprint density at radius 2 is 2.05 bits per heavy atom. The highest BCUT2D eigenvalue weighted by molar-refractivity contribution is 6.32. The summed E-state index contributed by atoms with van der Waals surface area (Å²) in [7, 11) is 0. The Labute approximate surface area is 142 Å². The molecule has 2 unspecified atom stereocenters. The SMILES string of the molecule is CC(C)CC(CN)NC(=O)C(C)Oc1ccc(F)cc1Cl.Cl. The first-order valence-corrected chi connectivity index (χ1v) is 7.33. The summed E-state index contributed by atoms with van der Waals surface area (Å²) < 4.78 is 18.4. The first-order valence-electron chi connectivity index (χ1n) is 6.95. The van der Waals surface area contributed by atoms with Gasteiger partial charge in [-0.15, -0.1) is 12.4 Å². The lowest BCUT2D eigenvalue weighted by atomic mass is 10.0. The van der Waals surface area contributed by atoms with Crippen molar-refractivity contribution in [3.63, 3.8) is 0 Å². The molecule has 1 amide bonds. The Bertz CT molecular complexity index is 487. The Hall–Kier alpha value is -1.04. The monoisotopic (exact) mass is 352 g/mol. The van der Waals surface area contributed by atoms with Gasteiger partial charge in [0.1, 0.15) is 11.6 Å². The second kappa shape index (κ2) is 9.87. The minimum Gasteiger partial charge on any atom is -0.479 e. The third-order valence-electron chi connectivity index (χ3n) is 2.95. The molecule has 22 heavy (non-hydrogen) atoms. The molecule has 126 valence electrons. The lowest BCUT2D eigenvalue weighted by molar-refractivity contribution is -0.128. The quantitative estimate of drug-likeness (QED) is 0.792. The smallest absolute Gasteiger partial charge is 0.261 e. The van der Waals surface area contributed by atoms with Crippen LogP contribution in [0.5, 0.6) is 5.75 Å². The van der Waals surface area contributed by atoms with Gasteiger partial charge in [-0.05, 0) is 37.5 Å². The zero-order valence-corrected chi connectivity index (χ0v) is 14.5. The van der Waals surface area contributed by atoms with Gasteiger partial charge in [-0.3, -0.25) is 4.79 Å². The van der Waals surface area contributed by atoms with Crippen molar-refractivity contribution in [2.24, 2.45) is 11.7 Å². The topological polar surface area (TPSA) is 64.3 Å². The molecule has 1 aromatic rings. The van der Waals surface area contributed by atoms with Gasteiger partial charge in [0.25, 0.3) is 5.91 Å². The fourth-order valence-corrected chi connectivity index (χ4v) is 2.13. The molecule has 0 aliphatic carbocycles. The molecule has 0 aromatic heterocycles. The van der Waals surface area contributed by atoms with E-state index in [-0.39, 0.29) is 35.1 Å². The number of carbonyl (C=O) groups is 1. The molecule has 0 saturated carbocycles. The zero-order valence-electron chi connectivity index (χ0n) is 12.9. The van der Waals surface area contributed by atoms with E-state index in [0.717, 1.165) is 12.5 Å². The molecule has 3 N–H and O–H groups in total. The van der Waals surface area contributed by atoms with Crippen LogP contribution in [0.25, 0.3) is 0 Å². The van der Waals surface area contributed by atoms with Crippen molar-refractivity contribution in [2.75, 3.05) is 6.54 Å². The molecular formula is C15H23Cl2FN2O2. The summed E-state index contributed by atoms with van der Waals surface area (Å²) in [6.45, 7) is 6.10. The van der Waals surface area contributed by atoms with Crippen LogP contribution >= 0.6 is 24.0 Å². The predicted molar refractivity (Wildman–Crippen MR) is 89.2 cm³/mol. The third kappa shape index (κ3) is 6.81. The van der Waals surface area contributed by atoms with Crippen LogP contribution in [0.4, 0.5) is 4.39 Å². The van der Waals surface area contributed by atoms with E-state index in [1.54, 1.807) is 6.92 Å². The van der Waals surface area contributed by atoms with Crippen LogP contribution in [-0.2, 0) is 4.79 Å². The van der Waals surface area contributed by atoms with Crippen LogP contribution in [0.3, 0.4) is 0 Å². The molecule has 0 spiro atoms. The number of hydrogen-bond acceptors (Lipinski definition) is 3. The second-order valence-corrected chi connectivity index (χ2v) is 5.81. The van der Waals surface area contributed by atoms with E-state index in [2.05, 4.69) is 19.2 Å². The number of carbonyl (C=O) groups excluding carboxylic acids is 1. The zero-order chi connectivity index (χ0) is 16.0. The van der Waals surface area contributed by atoms with Gasteiger partial charge >= 0.3 is 0 Å². The van der Waals surface area contributed by atoms with E-state index in [9.17, 15) is 9.18 Å². The molecule has 0 aliphatic heterocycles. The molecule has 7 heteroatoms. The van der Waals surface area contributed by atoms with E-state index in [4.69, 9.17) is 22.1 Å². The normalized spacial score (nSPS) is 13.2. The van der Waals surface area contributed by atoms with Crippen LogP contribution < -0.4 is 15.8 Å². The van der Waals surface area contributed by atoms with Gasteiger partial charge in [0.05, 0.1) is 5.02 Å². The molecule has 0 bridgehead atoms. The van der Waals surface area contributed by atoms with Crippen molar-refractivity contribution in [3.05, 3.63) is 29.0 Å². The highest BCUT2D eigenvalue weighted by Crippen LogP contribution is 2.25. The number of ether oxygens (including phenoxy) is 1.